The van der Waals surface area contributed by atoms with Crippen LogP contribution in [0.5, 0.6) is 5.75 Å². The fraction of sp³-hybridized carbons (Fsp3) is 0.588. The molecule has 1 heterocycles. The van der Waals surface area contributed by atoms with Gasteiger partial charge in [0, 0.05) is 18.5 Å². The molecule has 2 N–H and O–H groups in total. The maximum Gasteiger partial charge on any atom is 0.228 e. The SMILES string of the molecule is COc1cccc2c1N(C(=O)CC1(N)CCCC1)CCC2. The van der Waals surface area contributed by atoms with Gasteiger partial charge in [0.15, 0.2) is 0 Å². The average molecular weight is 288 g/mol. The molecule has 4 nitrogen and oxygen atoms in total. The van der Waals surface area contributed by atoms with E-state index in [0.29, 0.717) is 6.42 Å². The number of fused-ring (bicyclic) bond motifs is 1. The summed E-state index contributed by atoms with van der Waals surface area (Å²) in [7, 11) is 1.66. The van der Waals surface area contributed by atoms with Crippen LogP contribution in [0, 0.1) is 0 Å². The lowest BCUT2D eigenvalue weighted by atomic mass is 9.92. The molecule has 1 aromatic rings. The number of hydrogen-bond donors (Lipinski definition) is 1. The molecular weight excluding hydrogens is 264 g/mol. The number of methoxy groups -OCH3 is 1. The molecule has 2 aliphatic rings. The maximum absolute atomic E-state index is 12.8. The first-order valence-corrected chi connectivity index (χ1v) is 7.88. The third-order valence-electron chi connectivity index (χ3n) is 4.80. The van der Waals surface area contributed by atoms with Gasteiger partial charge in [0.05, 0.1) is 12.8 Å². The Morgan fingerprint density at radius 1 is 1.33 bits per heavy atom. The number of nitrogens with zero attached hydrogens (tertiary/aromatic N) is 1. The molecule has 0 atom stereocenters. The van der Waals surface area contributed by atoms with E-state index in [0.717, 1.165) is 56.5 Å². The summed E-state index contributed by atoms with van der Waals surface area (Å²) in [5.74, 6) is 0.933. The average Bonchev–Trinajstić information content (AvgIpc) is 2.92. The summed E-state index contributed by atoms with van der Waals surface area (Å²) in [4.78, 5) is 14.7. The monoisotopic (exact) mass is 288 g/mol. The van der Waals surface area contributed by atoms with E-state index in [1.54, 1.807) is 7.11 Å². The van der Waals surface area contributed by atoms with Crippen molar-refractivity contribution in [1.29, 1.82) is 0 Å². The molecule has 0 radical (unpaired) electrons. The summed E-state index contributed by atoms with van der Waals surface area (Å²) >= 11 is 0. The Hall–Kier alpha value is -1.55. The number of rotatable bonds is 3. The van der Waals surface area contributed by atoms with Gasteiger partial charge in [-0.2, -0.15) is 0 Å². The number of anilines is 1. The van der Waals surface area contributed by atoms with Crippen LogP contribution in [0.2, 0.25) is 0 Å². The van der Waals surface area contributed by atoms with Crippen molar-refractivity contribution in [2.75, 3.05) is 18.6 Å². The number of nitrogens with two attached hydrogens (primary N) is 1. The Labute approximate surface area is 126 Å². The number of carbonyl (C=O) groups is 1. The lowest BCUT2D eigenvalue weighted by Gasteiger charge is -2.33. The highest BCUT2D eigenvalue weighted by Crippen LogP contribution is 2.38. The smallest absolute Gasteiger partial charge is 0.228 e. The van der Waals surface area contributed by atoms with Gasteiger partial charge in [-0.1, -0.05) is 25.0 Å². The standard InChI is InChI=1S/C17H24N2O2/c1-21-14-8-4-6-13-7-5-11-19(16(13)14)15(20)12-17(18)9-2-3-10-17/h4,6,8H,2-3,5,7,9-12,18H2,1H3. The van der Waals surface area contributed by atoms with E-state index in [2.05, 4.69) is 6.07 Å². The third-order valence-corrected chi connectivity index (χ3v) is 4.80. The largest absolute Gasteiger partial charge is 0.495 e. The molecule has 1 aliphatic heterocycles. The first-order chi connectivity index (χ1) is 10.1. The van der Waals surface area contributed by atoms with Crippen molar-refractivity contribution in [3.63, 3.8) is 0 Å². The summed E-state index contributed by atoms with van der Waals surface area (Å²) in [6.45, 7) is 0.766. The quantitative estimate of drug-likeness (QED) is 0.930. The van der Waals surface area contributed by atoms with E-state index < -0.39 is 0 Å². The molecule has 1 aromatic carbocycles. The van der Waals surface area contributed by atoms with Crippen LogP contribution in [0.3, 0.4) is 0 Å². The van der Waals surface area contributed by atoms with Crippen LogP contribution >= 0.6 is 0 Å². The predicted octanol–water partition coefficient (Wildman–Crippen LogP) is 2.64. The molecule has 0 saturated heterocycles. The number of carbonyl (C=O) groups excluding carboxylic acids is 1. The molecule has 1 saturated carbocycles. The van der Waals surface area contributed by atoms with E-state index in [1.807, 2.05) is 17.0 Å². The summed E-state index contributed by atoms with van der Waals surface area (Å²) in [5, 5.41) is 0. The molecule has 21 heavy (non-hydrogen) atoms. The summed E-state index contributed by atoms with van der Waals surface area (Å²) in [6.07, 6.45) is 6.67. The highest BCUT2D eigenvalue weighted by Gasteiger charge is 2.35. The highest BCUT2D eigenvalue weighted by atomic mass is 16.5. The minimum Gasteiger partial charge on any atom is -0.495 e. The summed E-state index contributed by atoms with van der Waals surface area (Å²) in [6, 6.07) is 6.01. The zero-order valence-electron chi connectivity index (χ0n) is 12.7. The van der Waals surface area contributed by atoms with Crippen molar-refractivity contribution < 1.29 is 9.53 Å². The number of para-hydroxylation sites is 1. The Balaban J connectivity index is 1.85. The highest BCUT2D eigenvalue weighted by molar-refractivity contribution is 5.97. The normalized spacial score (nSPS) is 20.2. The van der Waals surface area contributed by atoms with Gasteiger partial charge in [-0.05, 0) is 37.3 Å². The number of aryl methyl sites for hydroxylation is 1. The second-order valence-electron chi connectivity index (χ2n) is 6.36. The van der Waals surface area contributed by atoms with Gasteiger partial charge in [-0.15, -0.1) is 0 Å². The van der Waals surface area contributed by atoms with E-state index in [9.17, 15) is 4.79 Å². The Bertz CT molecular complexity index is 521. The molecule has 0 aromatic heterocycles. The van der Waals surface area contributed by atoms with Crippen LogP contribution < -0.4 is 15.4 Å². The molecule has 0 unspecified atom stereocenters. The minimum atomic E-state index is -0.295. The molecule has 0 spiro atoms. The van der Waals surface area contributed by atoms with E-state index >= 15 is 0 Å². The molecule has 1 fully saturated rings. The van der Waals surface area contributed by atoms with Crippen LogP contribution in [0.4, 0.5) is 5.69 Å². The molecular formula is C17H24N2O2. The fourth-order valence-corrected chi connectivity index (χ4v) is 3.68. The number of benzene rings is 1. The van der Waals surface area contributed by atoms with Crippen molar-refractivity contribution in [2.45, 2.75) is 50.5 Å². The van der Waals surface area contributed by atoms with Gasteiger partial charge in [0.2, 0.25) is 5.91 Å². The van der Waals surface area contributed by atoms with Gasteiger partial charge >= 0.3 is 0 Å². The maximum atomic E-state index is 12.8. The van der Waals surface area contributed by atoms with Crippen LogP contribution in [0.1, 0.15) is 44.1 Å². The van der Waals surface area contributed by atoms with Gasteiger partial charge in [-0.25, -0.2) is 0 Å². The number of hydrogen-bond acceptors (Lipinski definition) is 3. The fourth-order valence-electron chi connectivity index (χ4n) is 3.68. The molecule has 0 bridgehead atoms. The predicted molar refractivity (Wildman–Crippen MR) is 83.7 cm³/mol. The molecule has 4 heteroatoms. The van der Waals surface area contributed by atoms with Crippen LogP contribution in [-0.4, -0.2) is 25.1 Å². The van der Waals surface area contributed by atoms with Crippen LogP contribution in [-0.2, 0) is 11.2 Å². The molecule has 1 aliphatic carbocycles. The first-order valence-electron chi connectivity index (χ1n) is 7.88. The second kappa shape index (κ2) is 5.68. The van der Waals surface area contributed by atoms with Gasteiger partial charge in [0.25, 0.3) is 0 Å². The van der Waals surface area contributed by atoms with E-state index in [-0.39, 0.29) is 11.4 Å². The molecule has 114 valence electrons. The zero-order chi connectivity index (χ0) is 14.9. The lowest BCUT2D eigenvalue weighted by Crippen LogP contribution is -2.45. The Kier molecular flexibility index (Phi) is 3.89. The van der Waals surface area contributed by atoms with E-state index in [1.165, 1.54) is 5.56 Å². The first kappa shape index (κ1) is 14.4. The van der Waals surface area contributed by atoms with Gasteiger partial charge < -0.3 is 15.4 Å². The second-order valence-corrected chi connectivity index (χ2v) is 6.36. The lowest BCUT2D eigenvalue weighted by molar-refractivity contribution is -0.119. The van der Waals surface area contributed by atoms with E-state index in [4.69, 9.17) is 10.5 Å². The summed E-state index contributed by atoms with van der Waals surface area (Å²) in [5.41, 5.74) is 8.24. The van der Waals surface area contributed by atoms with Crippen molar-refractivity contribution in [3.05, 3.63) is 23.8 Å². The Morgan fingerprint density at radius 2 is 2.10 bits per heavy atom. The third kappa shape index (κ3) is 2.77. The molecule has 3 rings (SSSR count). The van der Waals surface area contributed by atoms with Gasteiger partial charge in [0.1, 0.15) is 5.75 Å². The van der Waals surface area contributed by atoms with Crippen molar-refractivity contribution in [1.82, 2.24) is 0 Å². The molecule has 1 amide bonds. The number of amides is 1. The Morgan fingerprint density at radius 3 is 2.81 bits per heavy atom. The summed E-state index contributed by atoms with van der Waals surface area (Å²) < 4.78 is 5.46. The van der Waals surface area contributed by atoms with Crippen molar-refractivity contribution in [3.8, 4) is 5.75 Å². The van der Waals surface area contributed by atoms with Crippen molar-refractivity contribution in [2.24, 2.45) is 5.73 Å². The van der Waals surface area contributed by atoms with Crippen molar-refractivity contribution >= 4 is 11.6 Å². The van der Waals surface area contributed by atoms with Crippen LogP contribution in [0.15, 0.2) is 18.2 Å². The topological polar surface area (TPSA) is 55.6 Å². The van der Waals surface area contributed by atoms with Crippen LogP contribution in [0.25, 0.3) is 0 Å². The van der Waals surface area contributed by atoms with Gasteiger partial charge in [-0.3, -0.25) is 4.79 Å². The number of ether oxygens (including phenoxy) is 1. The minimum absolute atomic E-state index is 0.143. The zero-order valence-corrected chi connectivity index (χ0v) is 12.7.